The molecule has 0 atom stereocenters. The van der Waals surface area contributed by atoms with Crippen LogP contribution >= 0.6 is 0 Å². The van der Waals surface area contributed by atoms with E-state index in [1.165, 1.54) is 0 Å². The van der Waals surface area contributed by atoms with Gasteiger partial charge in [-0.15, -0.1) is 0 Å². The molecule has 29 heavy (non-hydrogen) atoms. The number of nitrogens with zero attached hydrogens (tertiary/aromatic N) is 2. The summed E-state index contributed by atoms with van der Waals surface area (Å²) in [5, 5.41) is 0. The summed E-state index contributed by atoms with van der Waals surface area (Å²) in [5.41, 5.74) is 1.69. The maximum Gasteiger partial charge on any atom is 0.253 e. The molecule has 5 heteroatoms. The zero-order chi connectivity index (χ0) is 20.6. The lowest BCUT2D eigenvalue weighted by molar-refractivity contribution is -0.132. The van der Waals surface area contributed by atoms with E-state index in [1.807, 2.05) is 64.4 Å². The summed E-state index contributed by atoms with van der Waals surface area (Å²) < 4.78 is 5.74. The first-order valence-corrected chi connectivity index (χ1v) is 10.4. The van der Waals surface area contributed by atoms with Crippen LogP contribution < -0.4 is 4.74 Å². The molecule has 1 aliphatic heterocycles. The normalized spacial score (nSPS) is 14.2. The second-order valence-electron chi connectivity index (χ2n) is 7.90. The van der Waals surface area contributed by atoms with Gasteiger partial charge in [0.2, 0.25) is 5.91 Å². The van der Waals surface area contributed by atoms with E-state index in [2.05, 4.69) is 13.8 Å². The second-order valence-corrected chi connectivity index (χ2v) is 7.90. The molecule has 154 valence electrons. The lowest BCUT2D eigenvalue weighted by Gasteiger charge is -2.35. The fraction of sp³-hybridized carbons (Fsp3) is 0.417. The number of piperazine rings is 1. The lowest BCUT2D eigenvalue weighted by atomic mass is 10.1. The molecule has 0 bridgehead atoms. The Bertz CT molecular complexity index is 795. The second kappa shape index (κ2) is 10.1. The van der Waals surface area contributed by atoms with Gasteiger partial charge >= 0.3 is 0 Å². The van der Waals surface area contributed by atoms with Gasteiger partial charge in [-0.1, -0.05) is 44.2 Å². The zero-order valence-electron chi connectivity index (χ0n) is 17.3. The molecule has 0 unspecified atom stereocenters. The van der Waals surface area contributed by atoms with Gasteiger partial charge in [-0.3, -0.25) is 9.59 Å². The van der Waals surface area contributed by atoms with Gasteiger partial charge in [0.05, 0.1) is 0 Å². The van der Waals surface area contributed by atoms with Crippen molar-refractivity contribution in [3.63, 3.8) is 0 Å². The van der Waals surface area contributed by atoms with Crippen molar-refractivity contribution in [2.24, 2.45) is 5.92 Å². The molecule has 5 nitrogen and oxygen atoms in total. The van der Waals surface area contributed by atoms with Crippen LogP contribution in [0, 0.1) is 5.92 Å². The standard InChI is InChI=1S/C24H30N2O3/c1-19(2)8-13-23(27)25-14-16-26(17-15-25)24(28)21-11-9-20(10-12-21)18-29-22-6-4-3-5-7-22/h3-7,9-12,19H,8,13-18H2,1-2H3. The Labute approximate surface area is 173 Å². The van der Waals surface area contributed by atoms with Crippen molar-refractivity contribution in [3.05, 3.63) is 65.7 Å². The minimum Gasteiger partial charge on any atom is -0.489 e. The number of rotatable bonds is 7. The Morgan fingerprint density at radius 1 is 0.897 bits per heavy atom. The van der Waals surface area contributed by atoms with E-state index in [0.29, 0.717) is 50.7 Å². The average Bonchev–Trinajstić information content (AvgIpc) is 2.76. The van der Waals surface area contributed by atoms with E-state index in [-0.39, 0.29) is 11.8 Å². The van der Waals surface area contributed by atoms with Crippen LogP contribution in [0.5, 0.6) is 5.75 Å². The van der Waals surface area contributed by atoms with Crippen molar-refractivity contribution in [3.8, 4) is 5.75 Å². The predicted octanol–water partition coefficient (Wildman–Crippen LogP) is 3.99. The summed E-state index contributed by atoms with van der Waals surface area (Å²) in [4.78, 5) is 28.8. The number of ether oxygens (including phenoxy) is 1. The Balaban J connectivity index is 1.47. The van der Waals surface area contributed by atoms with Crippen LogP contribution in [-0.4, -0.2) is 47.8 Å². The highest BCUT2D eigenvalue weighted by Crippen LogP contribution is 2.15. The molecule has 3 rings (SSSR count). The number of amides is 2. The number of hydrogen-bond donors (Lipinski definition) is 0. The first kappa shape index (κ1) is 20.9. The van der Waals surface area contributed by atoms with E-state index in [9.17, 15) is 9.59 Å². The van der Waals surface area contributed by atoms with Crippen molar-refractivity contribution in [2.45, 2.75) is 33.3 Å². The number of carbonyl (C=O) groups is 2. The number of carbonyl (C=O) groups excluding carboxylic acids is 2. The molecule has 2 aromatic carbocycles. The topological polar surface area (TPSA) is 49.9 Å². The summed E-state index contributed by atoms with van der Waals surface area (Å²) in [5.74, 6) is 1.58. The van der Waals surface area contributed by atoms with Crippen molar-refractivity contribution in [1.29, 1.82) is 0 Å². The third kappa shape index (κ3) is 6.08. The van der Waals surface area contributed by atoms with Gasteiger partial charge in [0.25, 0.3) is 5.91 Å². The monoisotopic (exact) mass is 394 g/mol. The van der Waals surface area contributed by atoms with Crippen LogP contribution in [0.15, 0.2) is 54.6 Å². The average molecular weight is 395 g/mol. The van der Waals surface area contributed by atoms with E-state index in [1.54, 1.807) is 0 Å². The van der Waals surface area contributed by atoms with Gasteiger partial charge in [0, 0.05) is 38.2 Å². The van der Waals surface area contributed by atoms with E-state index >= 15 is 0 Å². The SMILES string of the molecule is CC(C)CCC(=O)N1CCN(C(=O)c2ccc(COc3ccccc3)cc2)CC1. The largest absolute Gasteiger partial charge is 0.489 e. The summed E-state index contributed by atoms with van der Waals surface area (Å²) in [6.07, 6.45) is 1.51. The molecular formula is C24H30N2O3. The minimum absolute atomic E-state index is 0.0230. The summed E-state index contributed by atoms with van der Waals surface area (Å²) >= 11 is 0. The Morgan fingerprint density at radius 2 is 1.52 bits per heavy atom. The highest BCUT2D eigenvalue weighted by Gasteiger charge is 2.24. The molecule has 1 fully saturated rings. The maximum atomic E-state index is 12.8. The van der Waals surface area contributed by atoms with Crippen molar-refractivity contribution >= 4 is 11.8 Å². The fourth-order valence-electron chi connectivity index (χ4n) is 3.34. The Kier molecular flexibility index (Phi) is 7.28. The molecule has 0 spiro atoms. The van der Waals surface area contributed by atoms with Crippen LogP contribution in [0.4, 0.5) is 0 Å². The van der Waals surface area contributed by atoms with Crippen LogP contribution in [0.3, 0.4) is 0 Å². The van der Waals surface area contributed by atoms with Gasteiger partial charge in [-0.05, 0) is 42.2 Å². The smallest absolute Gasteiger partial charge is 0.253 e. The van der Waals surface area contributed by atoms with Crippen molar-refractivity contribution in [2.75, 3.05) is 26.2 Å². The third-order valence-electron chi connectivity index (χ3n) is 5.20. The molecule has 0 aromatic heterocycles. The molecule has 0 aliphatic carbocycles. The molecule has 0 saturated carbocycles. The molecule has 2 amide bonds. The molecule has 2 aromatic rings. The molecule has 1 heterocycles. The summed E-state index contributed by atoms with van der Waals surface area (Å²) in [6.45, 7) is 7.13. The zero-order valence-corrected chi connectivity index (χ0v) is 17.3. The van der Waals surface area contributed by atoms with Crippen LogP contribution in [0.1, 0.15) is 42.6 Å². The van der Waals surface area contributed by atoms with Crippen LogP contribution in [0.25, 0.3) is 0 Å². The first-order chi connectivity index (χ1) is 14.0. The Morgan fingerprint density at radius 3 is 2.14 bits per heavy atom. The number of hydrogen-bond acceptors (Lipinski definition) is 3. The molecule has 1 aliphatic rings. The lowest BCUT2D eigenvalue weighted by Crippen LogP contribution is -2.50. The predicted molar refractivity (Wildman–Crippen MR) is 114 cm³/mol. The highest BCUT2D eigenvalue weighted by atomic mass is 16.5. The quantitative estimate of drug-likeness (QED) is 0.714. The molecule has 0 radical (unpaired) electrons. The number of benzene rings is 2. The maximum absolute atomic E-state index is 12.8. The van der Waals surface area contributed by atoms with E-state index in [4.69, 9.17) is 4.74 Å². The van der Waals surface area contributed by atoms with E-state index < -0.39 is 0 Å². The Hall–Kier alpha value is -2.82. The fourth-order valence-corrected chi connectivity index (χ4v) is 3.34. The van der Waals surface area contributed by atoms with Gasteiger partial charge < -0.3 is 14.5 Å². The van der Waals surface area contributed by atoms with Gasteiger partial charge in [0.15, 0.2) is 0 Å². The number of para-hydroxylation sites is 1. The van der Waals surface area contributed by atoms with Gasteiger partial charge in [-0.25, -0.2) is 0 Å². The molecule has 1 saturated heterocycles. The van der Waals surface area contributed by atoms with Crippen molar-refractivity contribution < 1.29 is 14.3 Å². The highest BCUT2D eigenvalue weighted by molar-refractivity contribution is 5.94. The van der Waals surface area contributed by atoms with E-state index in [0.717, 1.165) is 17.7 Å². The first-order valence-electron chi connectivity index (χ1n) is 10.4. The summed E-state index contributed by atoms with van der Waals surface area (Å²) in [6, 6.07) is 17.2. The van der Waals surface area contributed by atoms with Gasteiger partial charge in [-0.2, -0.15) is 0 Å². The van der Waals surface area contributed by atoms with Crippen LogP contribution in [-0.2, 0) is 11.4 Å². The summed E-state index contributed by atoms with van der Waals surface area (Å²) in [7, 11) is 0. The third-order valence-corrected chi connectivity index (χ3v) is 5.20. The van der Waals surface area contributed by atoms with Crippen LogP contribution in [0.2, 0.25) is 0 Å². The van der Waals surface area contributed by atoms with Crippen molar-refractivity contribution in [1.82, 2.24) is 9.80 Å². The minimum atomic E-state index is 0.0230. The molecular weight excluding hydrogens is 364 g/mol. The van der Waals surface area contributed by atoms with Gasteiger partial charge in [0.1, 0.15) is 12.4 Å². The molecule has 0 N–H and O–H groups in total.